The van der Waals surface area contributed by atoms with Crippen LogP contribution in [-0.4, -0.2) is 23.4 Å². The molecule has 1 heterocycles. The Kier molecular flexibility index (Phi) is 6.23. The van der Waals surface area contributed by atoms with Crippen LogP contribution >= 0.6 is 11.6 Å². The van der Waals surface area contributed by atoms with Crippen LogP contribution in [0.2, 0.25) is 0 Å². The largest absolute Gasteiger partial charge is 0.483 e. The van der Waals surface area contributed by atoms with Gasteiger partial charge in [-0.1, -0.05) is 30.3 Å². The first-order valence-electron chi connectivity index (χ1n) is 7.22. The summed E-state index contributed by atoms with van der Waals surface area (Å²) in [5.74, 6) is 0.695. The fraction of sp³-hybridized carbons (Fsp3) is 0.294. The van der Waals surface area contributed by atoms with E-state index in [1.807, 2.05) is 30.3 Å². The quantitative estimate of drug-likeness (QED) is 0.791. The summed E-state index contributed by atoms with van der Waals surface area (Å²) in [6.07, 6.45) is 0. The van der Waals surface area contributed by atoms with Gasteiger partial charge in [0, 0.05) is 0 Å². The molecule has 1 unspecified atom stereocenters. The molecule has 1 atom stereocenters. The molecule has 23 heavy (non-hydrogen) atoms. The summed E-state index contributed by atoms with van der Waals surface area (Å²) in [6, 6.07) is 13.4. The summed E-state index contributed by atoms with van der Waals surface area (Å²) in [4.78, 5) is 15.8. The fourth-order valence-electron chi connectivity index (χ4n) is 1.87. The molecule has 2 rings (SSSR count). The van der Waals surface area contributed by atoms with Gasteiger partial charge in [-0.25, -0.2) is 4.98 Å². The van der Waals surface area contributed by atoms with Crippen molar-refractivity contribution in [3.05, 3.63) is 53.7 Å². The standard InChI is InChI=1S/C17H19ClN2O3/c1-12(18)16(21)19-10-14-8-9-15(17(20-14)22-2)23-11-13-6-4-3-5-7-13/h3-9,12H,10-11H2,1-2H3,(H,19,21). The number of amides is 1. The van der Waals surface area contributed by atoms with E-state index in [1.54, 1.807) is 19.1 Å². The minimum absolute atomic E-state index is 0.239. The van der Waals surface area contributed by atoms with E-state index in [-0.39, 0.29) is 12.5 Å². The highest BCUT2D eigenvalue weighted by Crippen LogP contribution is 2.25. The lowest BCUT2D eigenvalue weighted by molar-refractivity contribution is -0.120. The summed E-state index contributed by atoms with van der Waals surface area (Å²) in [7, 11) is 1.53. The maximum Gasteiger partial charge on any atom is 0.257 e. The molecule has 1 amide bonds. The number of carbonyl (C=O) groups excluding carboxylic acids is 1. The van der Waals surface area contributed by atoms with Crippen molar-refractivity contribution in [2.45, 2.75) is 25.5 Å². The number of carbonyl (C=O) groups is 1. The number of alkyl halides is 1. The van der Waals surface area contributed by atoms with Gasteiger partial charge in [0.05, 0.1) is 19.3 Å². The number of hydrogen-bond acceptors (Lipinski definition) is 4. The number of methoxy groups -OCH3 is 1. The van der Waals surface area contributed by atoms with Crippen molar-refractivity contribution >= 4 is 17.5 Å². The van der Waals surface area contributed by atoms with Gasteiger partial charge in [-0.15, -0.1) is 11.6 Å². The Balaban J connectivity index is 2.00. The van der Waals surface area contributed by atoms with E-state index in [1.165, 1.54) is 7.11 Å². The Morgan fingerprint density at radius 1 is 1.26 bits per heavy atom. The molecule has 0 aliphatic heterocycles. The number of nitrogens with one attached hydrogen (secondary N) is 1. The van der Waals surface area contributed by atoms with E-state index < -0.39 is 5.38 Å². The molecule has 0 aliphatic carbocycles. The zero-order valence-electron chi connectivity index (χ0n) is 13.1. The van der Waals surface area contributed by atoms with Gasteiger partial charge in [0.1, 0.15) is 12.0 Å². The molecule has 5 nitrogen and oxygen atoms in total. The van der Waals surface area contributed by atoms with Gasteiger partial charge < -0.3 is 14.8 Å². The molecule has 0 saturated carbocycles. The lowest BCUT2D eigenvalue weighted by atomic mass is 10.2. The molecule has 1 aromatic heterocycles. The Morgan fingerprint density at radius 3 is 2.65 bits per heavy atom. The molecule has 1 aromatic carbocycles. The predicted molar refractivity (Wildman–Crippen MR) is 88.7 cm³/mol. The topological polar surface area (TPSA) is 60.5 Å². The first kappa shape index (κ1) is 17.1. The van der Waals surface area contributed by atoms with Gasteiger partial charge in [-0.05, 0) is 24.6 Å². The highest BCUT2D eigenvalue weighted by Gasteiger charge is 2.11. The van der Waals surface area contributed by atoms with E-state index in [9.17, 15) is 4.79 Å². The van der Waals surface area contributed by atoms with Crippen molar-refractivity contribution in [3.63, 3.8) is 0 Å². The average Bonchev–Trinajstić information content (AvgIpc) is 2.58. The second kappa shape index (κ2) is 8.39. The van der Waals surface area contributed by atoms with Gasteiger partial charge in [0.15, 0.2) is 5.75 Å². The molecular weight excluding hydrogens is 316 g/mol. The summed E-state index contributed by atoms with van der Waals surface area (Å²) in [5, 5.41) is 2.12. The van der Waals surface area contributed by atoms with Crippen molar-refractivity contribution < 1.29 is 14.3 Å². The number of benzene rings is 1. The summed E-state index contributed by atoms with van der Waals surface area (Å²) in [6.45, 7) is 2.33. The second-order valence-electron chi connectivity index (χ2n) is 4.92. The molecule has 2 aromatic rings. The Bertz CT molecular complexity index is 648. The smallest absolute Gasteiger partial charge is 0.257 e. The fourth-order valence-corrected chi connectivity index (χ4v) is 1.95. The van der Waals surface area contributed by atoms with E-state index >= 15 is 0 Å². The van der Waals surface area contributed by atoms with Crippen molar-refractivity contribution in [3.8, 4) is 11.6 Å². The third-order valence-corrected chi connectivity index (χ3v) is 3.32. The Hall–Kier alpha value is -2.27. The number of rotatable bonds is 7. The molecule has 1 N–H and O–H groups in total. The second-order valence-corrected chi connectivity index (χ2v) is 5.57. The molecular formula is C17H19ClN2O3. The first-order valence-corrected chi connectivity index (χ1v) is 7.66. The van der Waals surface area contributed by atoms with Crippen LogP contribution < -0.4 is 14.8 Å². The third-order valence-electron chi connectivity index (χ3n) is 3.12. The molecule has 0 saturated heterocycles. The minimum Gasteiger partial charge on any atom is -0.483 e. The van der Waals surface area contributed by atoms with Crippen LogP contribution in [0.3, 0.4) is 0 Å². The van der Waals surface area contributed by atoms with Crippen LogP contribution in [0.25, 0.3) is 0 Å². The van der Waals surface area contributed by atoms with Crippen LogP contribution in [0, 0.1) is 0 Å². The highest BCUT2D eigenvalue weighted by molar-refractivity contribution is 6.30. The van der Waals surface area contributed by atoms with E-state index in [0.717, 1.165) is 5.56 Å². The van der Waals surface area contributed by atoms with Crippen molar-refractivity contribution in [1.29, 1.82) is 0 Å². The van der Waals surface area contributed by atoms with Crippen molar-refractivity contribution in [2.24, 2.45) is 0 Å². The Morgan fingerprint density at radius 2 is 2.00 bits per heavy atom. The van der Waals surface area contributed by atoms with Crippen molar-refractivity contribution in [2.75, 3.05) is 7.11 Å². The zero-order valence-corrected chi connectivity index (χ0v) is 13.8. The van der Waals surface area contributed by atoms with Crippen LogP contribution in [0.5, 0.6) is 11.6 Å². The number of pyridine rings is 1. The van der Waals surface area contributed by atoms with Crippen LogP contribution in [0.15, 0.2) is 42.5 Å². The van der Waals surface area contributed by atoms with Crippen LogP contribution in [-0.2, 0) is 17.9 Å². The first-order chi connectivity index (χ1) is 11.1. The minimum atomic E-state index is -0.578. The molecule has 0 spiro atoms. The summed E-state index contributed by atoms with van der Waals surface area (Å²) in [5.41, 5.74) is 1.72. The lowest BCUT2D eigenvalue weighted by Crippen LogP contribution is -2.29. The van der Waals surface area contributed by atoms with Crippen molar-refractivity contribution in [1.82, 2.24) is 10.3 Å². The number of nitrogens with zero attached hydrogens (tertiary/aromatic N) is 1. The number of halogens is 1. The van der Waals surface area contributed by atoms with Gasteiger partial charge in [-0.3, -0.25) is 4.79 Å². The molecule has 122 valence electrons. The van der Waals surface area contributed by atoms with Crippen LogP contribution in [0.1, 0.15) is 18.2 Å². The monoisotopic (exact) mass is 334 g/mol. The highest BCUT2D eigenvalue weighted by atomic mass is 35.5. The van der Waals surface area contributed by atoms with E-state index in [0.29, 0.717) is 23.9 Å². The molecule has 0 bridgehead atoms. The van der Waals surface area contributed by atoms with Gasteiger partial charge in [-0.2, -0.15) is 0 Å². The van der Waals surface area contributed by atoms with Gasteiger partial charge in [0.25, 0.3) is 5.88 Å². The molecule has 0 radical (unpaired) electrons. The predicted octanol–water partition coefficient (Wildman–Crippen LogP) is 2.91. The van der Waals surface area contributed by atoms with E-state index in [2.05, 4.69) is 10.3 Å². The van der Waals surface area contributed by atoms with E-state index in [4.69, 9.17) is 21.1 Å². The van der Waals surface area contributed by atoms with Crippen LogP contribution in [0.4, 0.5) is 0 Å². The molecule has 6 heteroatoms. The summed E-state index contributed by atoms with van der Waals surface area (Å²) >= 11 is 5.70. The molecule has 0 fully saturated rings. The SMILES string of the molecule is COc1nc(CNC(=O)C(C)Cl)ccc1OCc1ccccc1. The zero-order chi connectivity index (χ0) is 16.7. The summed E-state index contributed by atoms with van der Waals surface area (Å²) < 4.78 is 11.0. The number of ether oxygens (including phenoxy) is 2. The normalized spacial score (nSPS) is 11.6. The number of aromatic nitrogens is 1. The van der Waals surface area contributed by atoms with Gasteiger partial charge in [0.2, 0.25) is 5.91 Å². The maximum absolute atomic E-state index is 11.5. The third kappa shape index (κ3) is 5.14. The average molecular weight is 335 g/mol. The van der Waals surface area contributed by atoms with Gasteiger partial charge >= 0.3 is 0 Å². The Labute approximate surface area is 140 Å². The maximum atomic E-state index is 11.5. The lowest BCUT2D eigenvalue weighted by Gasteiger charge is -2.12. The number of hydrogen-bond donors (Lipinski definition) is 1. The molecule has 0 aliphatic rings.